The Kier molecular flexibility index (Phi) is 4.48. The summed E-state index contributed by atoms with van der Waals surface area (Å²) in [5.41, 5.74) is 1.16. The van der Waals surface area contributed by atoms with E-state index in [9.17, 15) is 0 Å². The zero-order valence-electron chi connectivity index (χ0n) is 13.3. The maximum absolute atomic E-state index is 6.19. The molecule has 4 atom stereocenters. The van der Waals surface area contributed by atoms with Gasteiger partial charge in [-0.15, -0.1) is 6.58 Å². The highest BCUT2D eigenvalue weighted by Gasteiger charge is 2.48. The minimum atomic E-state index is -0.541. The van der Waals surface area contributed by atoms with Crippen molar-refractivity contribution in [2.75, 3.05) is 0 Å². The molecule has 0 amide bonds. The Labute approximate surface area is 132 Å². The van der Waals surface area contributed by atoms with Crippen LogP contribution in [0.4, 0.5) is 0 Å². The third kappa shape index (κ3) is 3.49. The van der Waals surface area contributed by atoms with E-state index in [0.29, 0.717) is 0 Å². The molecule has 0 radical (unpaired) electrons. The molecule has 2 aliphatic rings. The molecule has 0 N–H and O–H groups in total. The number of fused-ring (bicyclic) bond motifs is 1. The summed E-state index contributed by atoms with van der Waals surface area (Å²) in [7, 11) is 0. The van der Waals surface area contributed by atoms with Gasteiger partial charge in [0.15, 0.2) is 5.79 Å². The molecule has 0 aliphatic carbocycles. The van der Waals surface area contributed by atoms with Gasteiger partial charge < -0.3 is 14.2 Å². The highest BCUT2D eigenvalue weighted by molar-refractivity contribution is 5.49. The normalized spacial score (nSPS) is 33.7. The Bertz CT molecular complexity index is 535. The van der Waals surface area contributed by atoms with E-state index < -0.39 is 5.79 Å². The number of rotatable bonds is 4. The molecular weight excluding hydrogens is 276 g/mol. The molecule has 3 nitrogen and oxygen atoms in total. The minimum absolute atomic E-state index is 0.0453. The highest BCUT2D eigenvalue weighted by Crippen LogP contribution is 2.38. The van der Waals surface area contributed by atoms with E-state index in [2.05, 4.69) is 30.9 Å². The summed E-state index contributed by atoms with van der Waals surface area (Å²) in [6, 6.07) is 10.2. The first-order valence-electron chi connectivity index (χ1n) is 7.92. The maximum Gasteiger partial charge on any atom is 0.163 e. The Morgan fingerprint density at radius 2 is 2.00 bits per heavy atom. The molecule has 0 spiro atoms. The van der Waals surface area contributed by atoms with E-state index in [1.54, 1.807) is 0 Å². The summed E-state index contributed by atoms with van der Waals surface area (Å²) >= 11 is 0. The van der Waals surface area contributed by atoms with Gasteiger partial charge in [-0.1, -0.05) is 48.6 Å². The molecule has 2 saturated heterocycles. The van der Waals surface area contributed by atoms with E-state index >= 15 is 0 Å². The van der Waals surface area contributed by atoms with Crippen LogP contribution in [0.2, 0.25) is 0 Å². The van der Waals surface area contributed by atoms with Gasteiger partial charge in [0.05, 0.1) is 12.2 Å². The largest absolute Gasteiger partial charge is 0.368 e. The summed E-state index contributed by atoms with van der Waals surface area (Å²) in [6.45, 7) is 7.75. The van der Waals surface area contributed by atoms with Crippen molar-refractivity contribution in [3.8, 4) is 0 Å². The van der Waals surface area contributed by atoms with Gasteiger partial charge in [-0.2, -0.15) is 0 Å². The van der Waals surface area contributed by atoms with Gasteiger partial charge in [-0.05, 0) is 25.8 Å². The maximum atomic E-state index is 6.19. The smallest absolute Gasteiger partial charge is 0.163 e. The Morgan fingerprint density at radius 3 is 2.73 bits per heavy atom. The molecule has 1 aromatic carbocycles. The Hall–Kier alpha value is -1.42. The second kappa shape index (κ2) is 6.37. The lowest BCUT2D eigenvalue weighted by atomic mass is 9.95. The lowest BCUT2D eigenvalue weighted by molar-refractivity contribution is -0.151. The summed E-state index contributed by atoms with van der Waals surface area (Å²) in [6.07, 6.45) is 7.87. The predicted molar refractivity (Wildman–Crippen MR) is 87.4 cm³/mol. The van der Waals surface area contributed by atoms with Crippen molar-refractivity contribution in [2.45, 2.75) is 56.9 Å². The lowest BCUT2D eigenvalue weighted by Crippen LogP contribution is -2.45. The molecule has 3 rings (SSSR count). The van der Waals surface area contributed by atoms with Gasteiger partial charge in [0, 0.05) is 6.42 Å². The van der Waals surface area contributed by atoms with Crippen molar-refractivity contribution >= 4 is 6.08 Å². The standard InChI is InChI=1S/C19H24O3/c1-4-8-15-13-17-18(22-19(2,3)21-17)16(20-15)12-11-14-9-6-5-7-10-14/h4-7,9-12,15-18H,1,8,13H2,2-3H3/b12-11+/t15-,16-,17+,18-/m0/s1. The second-order valence-corrected chi connectivity index (χ2v) is 6.39. The fraction of sp³-hybridized carbons (Fsp3) is 0.474. The van der Waals surface area contributed by atoms with Gasteiger partial charge in [-0.3, -0.25) is 0 Å². The monoisotopic (exact) mass is 300 g/mol. The van der Waals surface area contributed by atoms with E-state index in [4.69, 9.17) is 14.2 Å². The molecule has 118 valence electrons. The molecular formula is C19H24O3. The summed E-state index contributed by atoms with van der Waals surface area (Å²) in [5, 5.41) is 0. The summed E-state index contributed by atoms with van der Waals surface area (Å²) in [5.74, 6) is -0.541. The zero-order valence-corrected chi connectivity index (χ0v) is 13.3. The van der Waals surface area contributed by atoms with E-state index in [1.165, 1.54) is 0 Å². The van der Waals surface area contributed by atoms with Crippen LogP contribution in [0.3, 0.4) is 0 Å². The molecule has 2 heterocycles. The fourth-order valence-electron chi connectivity index (χ4n) is 3.20. The summed E-state index contributed by atoms with van der Waals surface area (Å²) < 4.78 is 18.3. The average molecular weight is 300 g/mol. The van der Waals surface area contributed by atoms with Crippen LogP contribution in [0, 0.1) is 0 Å². The van der Waals surface area contributed by atoms with Crippen LogP contribution in [0.5, 0.6) is 0 Å². The van der Waals surface area contributed by atoms with Crippen molar-refractivity contribution in [2.24, 2.45) is 0 Å². The Morgan fingerprint density at radius 1 is 1.23 bits per heavy atom. The van der Waals surface area contributed by atoms with E-state index in [0.717, 1.165) is 18.4 Å². The van der Waals surface area contributed by atoms with Gasteiger partial charge >= 0.3 is 0 Å². The van der Waals surface area contributed by atoms with Crippen molar-refractivity contribution < 1.29 is 14.2 Å². The van der Waals surface area contributed by atoms with Gasteiger partial charge in [0.2, 0.25) is 0 Å². The first kappa shape index (κ1) is 15.5. The van der Waals surface area contributed by atoms with Crippen molar-refractivity contribution in [1.29, 1.82) is 0 Å². The number of hydrogen-bond acceptors (Lipinski definition) is 3. The average Bonchev–Trinajstić information content (AvgIpc) is 2.80. The van der Waals surface area contributed by atoms with Gasteiger partial charge in [0.25, 0.3) is 0 Å². The van der Waals surface area contributed by atoms with Crippen LogP contribution in [0.25, 0.3) is 6.08 Å². The number of ether oxygens (including phenoxy) is 3. The van der Waals surface area contributed by atoms with E-state index in [1.807, 2.05) is 38.1 Å². The van der Waals surface area contributed by atoms with Crippen LogP contribution in [-0.4, -0.2) is 30.2 Å². The molecule has 0 bridgehead atoms. The van der Waals surface area contributed by atoms with Crippen LogP contribution < -0.4 is 0 Å². The first-order valence-corrected chi connectivity index (χ1v) is 7.92. The van der Waals surface area contributed by atoms with Gasteiger partial charge in [-0.25, -0.2) is 0 Å². The SMILES string of the molecule is C=CC[C@H]1C[C@H]2OC(C)(C)O[C@H]2[C@H](/C=C/c2ccccc2)O1. The third-order valence-corrected chi connectivity index (χ3v) is 4.10. The zero-order chi connectivity index (χ0) is 15.6. The van der Waals surface area contributed by atoms with Crippen LogP contribution in [0.1, 0.15) is 32.3 Å². The number of benzene rings is 1. The van der Waals surface area contributed by atoms with Gasteiger partial charge in [0.1, 0.15) is 12.2 Å². The molecule has 3 heteroatoms. The molecule has 0 aromatic heterocycles. The quantitative estimate of drug-likeness (QED) is 0.788. The van der Waals surface area contributed by atoms with Crippen molar-refractivity contribution in [3.63, 3.8) is 0 Å². The van der Waals surface area contributed by atoms with Crippen LogP contribution in [-0.2, 0) is 14.2 Å². The minimum Gasteiger partial charge on any atom is -0.368 e. The van der Waals surface area contributed by atoms with Crippen molar-refractivity contribution in [3.05, 3.63) is 54.6 Å². The van der Waals surface area contributed by atoms with E-state index in [-0.39, 0.29) is 24.4 Å². The number of hydrogen-bond donors (Lipinski definition) is 0. The molecule has 0 saturated carbocycles. The van der Waals surface area contributed by atoms with Crippen molar-refractivity contribution in [1.82, 2.24) is 0 Å². The molecule has 2 aliphatic heterocycles. The Balaban J connectivity index is 1.77. The molecule has 22 heavy (non-hydrogen) atoms. The van der Waals surface area contributed by atoms with Crippen LogP contribution >= 0.6 is 0 Å². The second-order valence-electron chi connectivity index (χ2n) is 6.39. The fourth-order valence-corrected chi connectivity index (χ4v) is 3.20. The van der Waals surface area contributed by atoms with Crippen LogP contribution in [0.15, 0.2) is 49.1 Å². The molecule has 1 aromatic rings. The predicted octanol–water partition coefficient (Wildman–Crippen LogP) is 3.95. The molecule has 2 fully saturated rings. The summed E-state index contributed by atoms with van der Waals surface area (Å²) in [4.78, 5) is 0. The first-order chi connectivity index (χ1) is 10.6. The highest BCUT2D eigenvalue weighted by atomic mass is 16.8. The molecule has 0 unspecified atom stereocenters. The lowest BCUT2D eigenvalue weighted by Gasteiger charge is -2.35. The third-order valence-electron chi connectivity index (χ3n) is 4.10. The topological polar surface area (TPSA) is 27.7 Å².